The third-order valence-corrected chi connectivity index (χ3v) is 3.54. The highest BCUT2D eigenvalue weighted by Crippen LogP contribution is 2.12. The Morgan fingerprint density at radius 1 is 1.21 bits per heavy atom. The molecule has 4 nitrogen and oxygen atoms in total. The normalized spacial score (nSPS) is 17.7. The fourth-order valence-electron chi connectivity index (χ4n) is 2.27. The van der Waals surface area contributed by atoms with Crippen LogP contribution in [0.1, 0.15) is 33.6 Å². The van der Waals surface area contributed by atoms with Gasteiger partial charge >= 0.3 is 0 Å². The summed E-state index contributed by atoms with van der Waals surface area (Å²) < 4.78 is 5.82. The van der Waals surface area contributed by atoms with E-state index in [1.165, 1.54) is 25.9 Å². The SMILES string of the molecule is CCNC(=S)NCC(COCC(C)C)N1CCCC1. The first kappa shape index (κ1) is 16.7. The maximum Gasteiger partial charge on any atom is 0.166 e. The van der Waals surface area contributed by atoms with Crippen LogP contribution in [0.25, 0.3) is 0 Å². The Morgan fingerprint density at radius 3 is 2.47 bits per heavy atom. The molecule has 0 aliphatic carbocycles. The van der Waals surface area contributed by atoms with Crippen LogP contribution >= 0.6 is 12.2 Å². The first-order valence-electron chi connectivity index (χ1n) is 7.47. The lowest BCUT2D eigenvalue weighted by molar-refractivity contribution is 0.0561. The Bertz CT molecular complexity index is 255. The highest BCUT2D eigenvalue weighted by atomic mass is 32.1. The number of likely N-dealkylation sites (tertiary alicyclic amines) is 1. The number of ether oxygens (including phenoxy) is 1. The zero-order chi connectivity index (χ0) is 14.1. The first-order valence-corrected chi connectivity index (χ1v) is 7.87. The molecule has 0 amide bonds. The third-order valence-electron chi connectivity index (χ3n) is 3.25. The van der Waals surface area contributed by atoms with Crippen LogP contribution in [0.4, 0.5) is 0 Å². The van der Waals surface area contributed by atoms with Crippen molar-refractivity contribution in [2.45, 2.75) is 39.7 Å². The van der Waals surface area contributed by atoms with Crippen LogP contribution in [-0.2, 0) is 4.74 Å². The van der Waals surface area contributed by atoms with E-state index in [-0.39, 0.29) is 0 Å². The van der Waals surface area contributed by atoms with Crippen molar-refractivity contribution in [1.29, 1.82) is 0 Å². The van der Waals surface area contributed by atoms with Gasteiger partial charge in [0.1, 0.15) is 0 Å². The van der Waals surface area contributed by atoms with Crippen LogP contribution in [-0.4, -0.2) is 55.4 Å². The Kier molecular flexibility index (Phi) is 8.34. The van der Waals surface area contributed by atoms with Crippen molar-refractivity contribution in [3.8, 4) is 0 Å². The van der Waals surface area contributed by atoms with Crippen LogP contribution in [0.3, 0.4) is 0 Å². The summed E-state index contributed by atoms with van der Waals surface area (Å²) in [4.78, 5) is 2.52. The van der Waals surface area contributed by atoms with Crippen molar-refractivity contribution < 1.29 is 4.74 Å². The molecule has 1 aliphatic heterocycles. The molecule has 112 valence electrons. The first-order chi connectivity index (χ1) is 9.13. The summed E-state index contributed by atoms with van der Waals surface area (Å²) in [6.45, 7) is 12.1. The minimum absolute atomic E-state index is 0.429. The maximum absolute atomic E-state index is 5.82. The van der Waals surface area contributed by atoms with Crippen LogP contribution in [0.15, 0.2) is 0 Å². The summed E-state index contributed by atoms with van der Waals surface area (Å²) in [5.41, 5.74) is 0. The van der Waals surface area contributed by atoms with Gasteiger partial charge < -0.3 is 15.4 Å². The molecular formula is C14H29N3OS. The molecule has 1 fully saturated rings. The number of rotatable bonds is 8. The molecule has 1 saturated heterocycles. The molecule has 5 heteroatoms. The Balaban J connectivity index is 2.33. The monoisotopic (exact) mass is 287 g/mol. The molecule has 0 aromatic carbocycles. The van der Waals surface area contributed by atoms with Crippen LogP contribution < -0.4 is 10.6 Å². The molecule has 0 bridgehead atoms. The van der Waals surface area contributed by atoms with E-state index >= 15 is 0 Å². The molecule has 1 unspecified atom stereocenters. The predicted molar refractivity (Wildman–Crippen MR) is 84.5 cm³/mol. The summed E-state index contributed by atoms with van der Waals surface area (Å²) >= 11 is 5.22. The molecule has 19 heavy (non-hydrogen) atoms. The third kappa shape index (κ3) is 7.09. The van der Waals surface area contributed by atoms with Crippen molar-refractivity contribution in [3.05, 3.63) is 0 Å². The minimum atomic E-state index is 0.429. The Morgan fingerprint density at radius 2 is 1.89 bits per heavy atom. The van der Waals surface area contributed by atoms with Gasteiger partial charge in [-0.2, -0.15) is 0 Å². The number of hydrogen-bond donors (Lipinski definition) is 2. The topological polar surface area (TPSA) is 36.5 Å². The second-order valence-electron chi connectivity index (χ2n) is 5.57. The largest absolute Gasteiger partial charge is 0.379 e. The molecule has 1 heterocycles. The van der Waals surface area contributed by atoms with E-state index in [0.29, 0.717) is 12.0 Å². The van der Waals surface area contributed by atoms with Gasteiger partial charge in [-0.15, -0.1) is 0 Å². The van der Waals surface area contributed by atoms with Gasteiger partial charge in [0.25, 0.3) is 0 Å². The average Bonchev–Trinajstić information content (AvgIpc) is 2.87. The lowest BCUT2D eigenvalue weighted by atomic mass is 10.2. The van der Waals surface area contributed by atoms with E-state index in [2.05, 4.69) is 36.3 Å². The van der Waals surface area contributed by atoms with Gasteiger partial charge in [0, 0.05) is 19.7 Å². The van der Waals surface area contributed by atoms with E-state index in [4.69, 9.17) is 17.0 Å². The fraction of sp³-hybridized carbons (Fsp3) is 0.929. The standard InChI is InChI=1S/C14H29N3OS/c1-4-15-14(19)16-9-13(11-18-10-12(2)3)17-7-5-6-8-17/h12-13H,4-11H2,1-3H3,(H2,15,16,19). The second kappa shape index (κ2) is 9.50. The second-order valence-corrected chi connectivity index (χ2v) is 5.98. The summed E-state index contributed by atoms with van der Waals surface area (Å²) in [7, 11) is 0. The highest BCUT2D eigenvalue weighted by molar-refractivity contribution is 7.80. The zero-order valence-corrected chi connectivity index (χ0v) is 13.4. The van der Waals surface area contributed by atoms with Gasteiger partial charge in [-0.1, -0.05) is 13.8 Å². The van der Waals surface area contributed by atoms with Crippen molar-refractivity contribution >= 4 is 17.3 Å². The number of nitrogens with zero attached hydrogens (tertiary/aromatic N) is 1. The van der Waals surface area contributed by atoms with Crippen LogP contribution in [0.5, 0.6) is 0 Å². The van der Waals surface area contributed by atoms with Crippen molar-refractivity contribution in [3.63, 3.8) is 0 Å². The Hall–Kier alpha value is -0.390. The molecule has 1 rings (SSSR count). The lowest BCUT2D eigenvalue weighted by Crippen LogP contribution is -2.47. The van der Waals surface area contributed by atoms with E-state index in [1.54, 1.807) is 0 Å². The van der Waals surface area contributed by atoms with Gasteiger partial charge in [0.2, 0.25) is 0 Å². The smallest absolute Gasteiger partial charge is 0.166 e. The summed E-state index contributed by atoms with van der Waals surface area (Å²) in [5.74, 6) is 0.593. The minimum Gasteiger partial charge on any atom is -0.379 e. The molecule has 1 aliphatic rings. The lowest BCUT2D eigenvalue weighted by Gasteiger charge is -2.28. The van der Waals surface area contributed by atoms with E-state index < -0.39 is 0 Å². The molecule has 0 saturated carbocycles. The molecule has 0 aromatic rings. The molecule has 0 spiro atoms. The van der Waals surface area contributed by atoms with E-state index in [0.717, 1.165) is 31.4 Å². The summed E-state index contributed by atoms with van der Waals surface area (Å²) in [5, 5.41) is 7.17. The summed E-state index contributed by atoms with van der Waals surface area (Å²) in [6, 6.07) is 0.429. The predicted octanol–water partition coefficient (Wildman–Crippen LogP) is 1.61. The van der Waals surface area contributed by atoms with E-state index in [1.807, 2.05) is 0 Å². The van der Waals surface area contributed by atoms with Crippen LogP contribution in [0.2, 0.25) is 0 Å². The van der Waals surface area contributed by atoms with Gasteiger partial charge in [0.05, 0.1) is 12.6 Å². The van der Waals surface area contributed by atoms with Gasteiger partial charge in [0.15, 0.2) is 5.11 Å². The fourth-order valence-corrected chi connectivity index (χ4v) is 2.50. The number of thiocarbonyl (C=S) groups is 1. The van der Waals surface area contributed by atoms with Crippen LogP contribution in [0, 0.1) is 5.92 Å². The number of hydrogen-bond acceptors (Lipinski definition) is 3. The quantitative estimate of drug-likeness (QED) is 0.663. The molecule has 0 aromatic heterocycles. The number of nitrogens with one attached hydrogen (secondary N) is 2. The molecular weight excluding hydrogens is 258 g/mol. The van der Waals surface area contributed by atoms with Gasteiger partial charge in [-0.05, 0) is 51.0 Å². The highest BCUT2D eigenvalue weighted by Gasteiger charge is 2.22. The van der Waals surface area contributed by atoms with Gasteiger partial charge in [-0.3, -0.25) is 4.90 Å². The maximum atomic E-state index is 5.82. The summed E-state index contributed by atoms with van der Waals surface area (Å²) in [6.07, 6.45) is 2.61. The Labute approximate surface area is 123 Å². The van der Waals surface area contributed by atoms with Gasteiger partial charge in [-0.25, -0.2) is 0 Å². The zero-order valence-electron chi connectivity index (χ0n) is 12.6. The van der Waals surface area contributed by atoms with Crippen molar-refractivity contribution in [2.75, 3.05) is 39.4 Å². The van der Waals surface area contributed by atoms with Crippen molar-refractivity contribution in [1.82, 2.24) is 15.5 Å². The molecule has 2 N–H and O–H groups in total. The average molecular weight is 287 g/mol. The molecule has 0 radical (unpaired) electrons. The van der Waals surface area contributed by atoms with Crippen molar-refractivity contribution in [2.24, 2.45) is 5.92 Å². The van der Waals surface area contributed by atoms with E-state index in [9.17, 15) is 0 Å². The molecule has 1 atom stereocenters.